The molecule has 582 valence electrons. The van der Waals surface area contributed by atoms with Crippen molar-refractivity contribution >= 4 is 152 Å². The number of rotatable bonds is 9. The van der Waals surface area contributed by atoms with Gasteiger partial charge in [-0.1, -0.05) is 411 Å². The number of benzene rings is 23. The van der Waals surface area contributed by atoms with E-state index in [-0.39, 0.29) is 56.7 Å². The van der Waals surface area contributed by atoms with Crippen LogP contribution < -0.4 is 0 Å². The highest BCUT2D eigenvalue weighted by atomic mass is 16.3. The summed E-state index contributed by atoms with van der Waals surface area (Å²) in [6.45, 7) is 0. The van der Waals surface area contributed by atoms with Gasteiger partial charge in [0.15, 0.2) is 0 Å². The molecule has 26 rings (SSSR count). The Labute approximate surface area is 800 Å². The fourth-order valence-corrected chi connectivity index (χ4v) is 16.1. The molecule has 3 nitrogen and oxygen atoms in total. The Morgan fingerprint density at radius 1 is 0.152 bits per heavy atom. The fraction of sp³-hybridized carbons (Fsp3) is 0. The summed E-state index contributed by atoms with van der Waals surface area (Å²) >= 11 is 0. The van der Waals surface area contributed by atoms with Gasteiger partial charge in [0.2, 0.25) is 0 Å². The maximum atomic E-state index is 9.47. The SMILES string of the molecule is [2H]c1c([2H])c(-c2c3c([2H])c([2H])c([2H])c([2H])c3c(-c3c([2H])c([2H])c([2H])c4c3oc3c([2H])c([2H])c([2H])c([2H])c34)c3c([2H])c([2H])c([2H])c([2H])c23)c([2H])c([2H])c1-c1c([2H])c([2H])c2c([2H])c([2H])c([2H])c([2H])c2c1[2H].[2H]c1c([2H])c([2H])c2c(-c3cccc4c3oc3ccccc34)c3c([2H])c([2H])c([2H])c([2H])c3c(-c3cc(-c4ccccc4)cc(-c4ccccc4)c3)c2c1[2H].[2H]c1c([2H])c([2H])c2c(oc3c(-c4c5c([2H])c([2H])c([2H])c([2H])c5c(-c5c([2H])c([2H])c6c([2H])c([2H])c([2H])c([2H])c6c5[2H])c5c([2H])c([2H])c([2H])c([2H])c45)c([2H])c([2H])c([2H])c32)c1[2H]. The molecule has 0 spiro atoms. The average Bonchev–Trinajstić information content (AvgIpc) is 1.63. The molecule has 3 heterocycles. The summed E-state index contributed by atoms with van der Waals surface area (Å²) in [5.41, 5.74) is -3.06. The molecule has 0 bridgehead atoms. The van der Waals surface area contributed by atoms with E-state index in [1.54, 1.807) is 6.07 Å². The number of para-hydroxylation sites is 6. The van der Waals surface area contributed by atoms with Crippen LogP contribution in [-0.2, 0) is 0 Å². The predicted octanol–water partition coefficient (Wildman–Crippen LogP) is 35.0. The third-order valence-electron chi connectivity index (χ3n) is 21.5. The van der Waals surface area contributed by atoms with Crippen molar-refractivity contribution in [1.82, 2.24) is 0 Å². The molecule has 0 saturated carbocycles. The van der Waals surface area contributed by atoms with Crippen molar-refractivity contribution in [3.63, 3.8) is 0 Å². The lowest BCUT2D eigenvalue weighted by molar-refractivity contribution is 0.669. The lowest BCUT2D eigenvalue weighted by Gasteiger charge is -2.19. The summed E-state index contributed by atoms with van der Waals surface area (Å²) in [5.74, 6) is 0. The van der Waals surface area contributed by atoms with Gasteiger partial charge in [0, 0.05) is 65.7 Å². The van der Waals surface area contributed by atoms with E-state index < -0.39 is 473 Å². The molecule has 0 unspecified atom stereocenters. The lowest BCUT2D eigenvalue weighted by atomic mass is 9.84. The number of hydrogen-bond donors (Lipinski definition) is 0. The van der Waals surface area contributed by atoms with Crippen LogP contribution in [0.3, 0.4) is 0 Å². The molecule has 0 saturated heterocycles. The Hall–Kier alpha value is -16.5. The molecule has 0 N–H and O–H groups in total. The summed E-state index contributed by atoms with van der Waals surface area (Å²) in [7, 11) is 0. The van der Waals surface area contributed by atoms with Crippen LogP contribution in [0, 0.1) is 0 Å². The van der Waals surface area contributed by atoms with Gasteiger partial charge >= 0.3 is 0 Å². The van der Waals surface area contributed by atoms with E-state index in [1.165, 1.54) is 0 Å². The largest absolute Gasteiger partial charge is 0.455 e. The molecular formula is C122H76O3. The molecule has 0 atom stereocenters. The zero-order valence-corrected chi connectivity index (χ0v) is 63.8. The molecule has 0 amide bonds. The second-order valence-electron chi connectivity index (χ2n) is 28.3. The Kier molecular flexibility index (Phi) is 8.67. The van der Waals surface area contributed by atoms with Crippen LogP contribution in [0.25, 0.3) is 252 Å². The van der Waals surface area contributed by atoms with Crippen molar-refractivity contribution in [3.05, 3.63) is 460 Å². The van der Waals surface area contributed by atoms with Crippen molar-refractivity contribution in [2.75, 3.05) is 0 Å². The van der Waals surface area contributed by atoms with Crippen LogP contribution in [0.15, 0.2) is 473 Å². The van der Waals surface area contributed by atoms with Gasteiger partial charge < -0.3 is 13.3 Å². The van der Waals surface area contributed by atoms with Gasteiger partial charge in [-0.25, -0.2) is 0 Å². The Balaban J connectivity index is 0.000000139. The van der Waals surface area contributed by atoms with Crippen molar-refractivity contribution in [3.8, 4) is 100 Å². The maximum absolute atomic E-state index is 9.47. The summed E-state index contributed by atoms with van der Waals surface area (Å²) in [4.78, 5) is 0. The molecular weight excluding hydrogens is 1510 g/mol. The molecule has 0 fully saturated rings. The summed E-state index contributed by atoms with van der Waals surface area (Å²) in [6, 6.07) is -6.08. The Morgan fingerprint density at radius 2 is 0.464 bits per heavy atom. The molecule has 0 aliphatic rings. The first-order valence-electron chi connectivity index (χ1n) is 66.3. The van der Waals surface area contributed by atoms with Gasteiger partial charge in [0.05, 0.1) is 76.8 Å². The van der Waals surface area contributed by atoms with Crippen LogP contribution in [-0.4, -0.2) is 0 Å². The van der Waals surface area contributed by atoms with E-state index in [2.05, 4.69) is 6.07 Å². The normalized spacial score (nSPS) is 18.0. The average molecular weight is 1650 g/mol. The molecule has 23 aromatic carbocycles. The zero-order chi connectivity index (χ0) is 131. The first kappa shape index (κ1) is 35.7. The Morgan fingerprint density at radius 3 is 0.928 bits per heavy atom. The molecule has 0 aliphatic carbocycles. The minimum atomic E-state index is -1.07. The summed E-state index contributed by atoms with van der Waals surface area (Å²) < 4.78 is 517. The quantitative estimate of drug-likeness (QED) is 0.135. The number of fused-ring (bicyclic) bond motifs is 17. The van der Waals surface area contributed by atoms with Crippen molar-refractivity contribution in [1.29, 1.82) is 0 Å². The molecule has 0 radical (unpaired) electrons. The van der Waals surface area contributed by atoms with Gasteiger partial charge in [0.25, 0.3) is 0 Å². The van der Waals surface area contributed by atoms with Gasteiger partial charge in [-0.05, 0) is 201 Å². The van der Waals surface area contributed by atoms with E-state index in [0.29, 0.717) is 27.9 Å². The minimum absolute atomic E-state index is 0.142. The van der Waals surface area contributed by atoms with E-state index in [1.807, 2.05) is 109 Å². The van der Waals surface area contributed by atoms with E-state index in [4.69, 9.17) is 62.6 Å². The Bertz CT molecular complexity index is 12100. The van der Waals surface area contributed by atoms with Crippen LogP contribution in [0.2, 0.25) is 0 Å². The van der Waals surface area contributed by atoms with Gasteiger partial charge in [-0.2, -0.15) is 0 Å². The van der Waals surface area contributed by atoms with E-state index in [9.17, 15) is 27.4 Å². The first-order valence-corrected chi connectivity index (χ1v) is 38.3. The molecule has 0 aliphatic heterocycles. The molecule has 3 aromatic heterocycles. The van der Waals surface area contributed by atoms with Gasteiger partial charge in [-0.3, -0.25) is 0 Å². The summed E-state index contributed by atoms with van der Waals surface area (Å²) in [5, 5.41) is -6.93. The third-order valence-corrected chi connectivity index (χ3v) is 21.5. The third kappa shape index (κ3) is 12.4. The number of hydrogen-bond acceptors (Lipinski definition) is 3. The zero-order valence-electron chi connectivity index (χ0n) is 120. The van der Waals surface area contributed by atoms with Gasteiger partial charge in [0.1, 0.15) is 33.5 Å². The van der Waals surface area contributed by atoms with Crippen LogP contribution in [0.4, 0.5) is 0 Å². The molecule has 125 heavy (non-hydrogen) atoms. The highest BCUT2D eigenvalue weighted by molar-refractivity contribution is 6.28. The van der Waals surface area contributed by atoms with E-state index >= 15 is 0 Å². The van der Waals surface area contributed by atoms with Crippen LogP contribution in [0.1, 0.15) is 76.8 Å². The summed E-state index contributed by atoms with van der Waals surface area (Å²) in [6.07, 6.45) is 0. The predicted molar refractivity (Wildman–Crippen MR) is 530 cm³/mol. The second-order valence-corrected chi connectivity index (χ2v) is 28.3. The maximum Gasteiger partial charge on any atom is 0.143 e. The highest BCUT2D eigenvalue weighted by Crippen LogP contribution is 2.52. The lowest BCUT2D eigenvalue weighted by Crippen LogP contribution is -1.92. The smallest absolute Gasteiger partial charge is 0.143 e. The monoisotopic (exact) mass is 1640 g/mol. The minimum Gasteiger partial charge on any atom is -0.455 e. The highest BCUT2D eigenvalue weighted by Gasteiger charge is 2.26. The topological polar surface area (TPSA) is 39.4 Å². The van der Waals surface area contributed by atoms with Crippen LogP contribution in [0.5, 0.6) is 0 Å². The fourth-order valence-electron chi connectivity index (χ4n) is 16.1. The second kappa shape index (κ2) is 30.4. The molecule has 26 aromatic rings. The van der Waals surface area contributed by atoms with Crippen molar-refractivity contribution in [2.45, 2.75) is 0 Å². The molecule has 3 heteroatoms. The number of furan rings is 3. The first-order chi connectivity index (χ1) is 85.3. The van der Waals surface area contributed by atoms with Crippen LogP contribution >= 0.6 is 0 Å². The van der Waals surface area contributed by atoms with Crippen molar-refractivity contribution < 1.29 is 90.0 Å². The van der Waals surface area contributed by atoms with E-state index in [0.717, 1.165) is 33.0 Å². The van der Waals surface area contributed by atoms with Crippen molar-refractivity contribution in [2.24, 2.45) is 0 Å². The standard InChI is InChI=1S/C44H28O.C42H26O.C36H22O/c1-3-14-29(15-4-1)31-26-32(30-16-5-2-6-17-30)28-33(27-31)42-35-19-7-9-21-37(35)43(38-22-10-8-20-36(38)42)40-24-13-23-39-34-18-11-12-25-41(34)45-44(39)40;1-2-11-30-26-31(25-22-27(30)10-1)28-20-23-29(24-21-28)40-33-13-3-5-15-35(33)41(36-16-6-4-14-34(36)40)38-18-9-17-37-32-12-7-8-19-39(32)43-42(37)38;1-2-11-24-22-25(21-20-23(24)10-1)34-27-13-3-5-15-29(27)35(30-16-6-4-14-28(30)34)32-18-9-17-31-26-12-7-8-19-33(26)37-36(31)32/h1-28H;1-26H;1-22H/i7D,8D,9D,10D,19D,20D,21D,22D;1D,2D,3D,4D,5D,6D,7D,8D,9D,10D,11D,12D,13D,14D,15D,16D,17D,18D,19D,20D,21D,22D,23D,24D,25D,26D;1D,2D,3D,4D,5D,6D,7D,8D,9D,10D,11D,12D,13D,14D,15D,16D,17D,18D,19D,20D,21D,22D. The van der Waals surface area contributed by atoms with Gasteiger partial charge in [-0.15, -0.1) is 0 Å².